The Morgan fingerprint density at radius 1 is 1.35 bits per heavy atom. The second-order valence-corrected chi connectivity index (χ2v) is 4.31. The van der Waals surface area contributed by atoms with Crippen LogP contribution in [0, 0.1) is 0 Å². The van der Waals surface area contributed by atoms with Crippen LogP contribution in [0.5, 0.6) is 0 Å². The van der Waals surface area contributed by atoms with Gasteiger partial charge in [-0.1, -0.05) is 0 Å². The van der Waals surface area contributed by atoms with Crippen molar-refractivity contribution in [3.63, 3.8) is 0 Å². The van der Waals surface area contributed by atoms with Crippen LogP contribution < -0.4 is 0 Å². The minimum Gasteiger partial charge on any atom is -0.318 e. The van der Waals surface area contributed by atoms with Crippen molar-refractivity contribution in [2.24, 2.45) is 0 Å². The topological polar surface area (TPSA) is 53.5 Å². The number of pyridine rings is 1. The number of imide groups is 1. The van der Waals surface area contributed by atoms with Gasteiger partial charge >= 0.3 is 6.03 Å². The maximum atomic E-state index is 11.8. The van der Waals surface area contributed by atoms with Crippen molar-refractivity contribution < 1.29 is 9.59 Å². The Balaban J connectivity index is 2.08. The molecule has 1 saturated heterocycles. The molecule has 1 aromatic heterocycles. The molecule has 0 saturated carbocycles. The Morgan fingerprint density at radius 2 is 2.00 bits per heavy atom. The van der Waals surface area contributed by atoms with Crippen molar-refractivity contribution in [2.45, 2.75) is 19.4 Å². The summed E-state index contributed by atoms with van der Waals surface area (Å²) in [4.78, 5) is 30.2. The van der Waals surface area contributed by atoms with Crippen molar-refractivity contribution in [1.29, 1.82) is 0 Å². The van der Waals surface area contributed by atoms with E-state index in [0.29, 0.717) is 6.42 Å². The minimum absolute atomic E-state index is 0.123. The molecule has 2 heterocycles. The number of amides is 3. The van der Waals surface area contributed by atoms with E-state index in [-0.39, 0.29) is 24.5 Å². The van der Waals surface area contributed by atoms with E-state index >= 15 is 0 Å². The van der Waals surface area contributed by atoms with Crippen LogP contribution in [0.15, 0.2) is 24.5 Å². The van der Waals surface area contributed by atoms with Crippen molar-refractivity contribution >= 4 is 11.9 Å². The van der Waals surface area contributed by atoms with Gasteiger partial charge in [-0.15, -0.1) is 0 Å². The lowest BCUT2D eigenvalue weighted by molar-refractivity contribution is -0.126. The molecule has 1 fully saturated rings. The Labute approximate surface area is 100 Å². The van der Waals surface area contributed by atoms with E-state index in [1.165, 1.54) is 9.80 Å². The zero-order valence-electron chi connectivity index (χ0n) is 9.96. The Kier molecular flexibility index (Phi) is 3.08. The molecule has 0 spiro atoms. The molecule has 5 nitrogen and oxygen atoms in total. The molecule has 1 atom stereocenters. The fraction of sp³-hybridized carbons (Fsp3) is 0.417. The van der Waals surface area contributed by atoms with E-state index in [0.717, 1.165) is 5.56 Å². The van der Waals surface area contributed by atoms with Gasteiger partial charge in [0.1, 0.15) is 6.54 Å². The summed E-state index contributed by atoms with van der Waals surface area (Å²) in [6.45, 7) is 2.06. The molecule has 1 aliphatic rings. The highest BCUT2D eigenvalue weighted by molar-refractivity contribution is 6.02. The molecule has 2 rings (SSSR count). The minimum atomic E-state index is -0.212. The first-order valence-corrected chi connectivity index (χ1v) is 5.55. The third-order valence-electron chi connectivity index (χ3n) is 2.89. The molecule has 1 unspecified atom stereocenters. The molecule has 3 amide bonds. The third kappa shape index (κ3) is 2.27. The monoisotopic (exact) mass is 233 g/mol. The summed E-state index contributed by atoms with van der Waals surface area (Å²) >= 11 is 0. The molecule has 0 bridgehead atoms. The number of carbonyl (C=O) groups excluding carboxylic acids is 2. The number of carbonyl (C=O) groups is 2. The predicted octanol–water partition coefficient (Wildman–Crippen LogP) is 0.907. The average molecular weight is 233 g/mol. The quantitative estimate of drug-likeness (QED) is 0.729. The van der Waals surface area contributed by atoms with Gasteiger partial charge in [-0.05, 0) is 31.0 Å². The smallest absolute Gasteiger partial charge is 0.318 e. The van der Waals surface area contributed by atoms with E-state index in [2.05, 4.69) is 4.98 Å². The van der Waals surface area contributed by atoms with E-state index in [1.807, 2.05) is 19.1 Å². The van der Waals surface area contributed by atoms with Crippen LogP contribution in [-0.2, 0) is 11.2 Å². The summed E-state index contributed by atoms with van der Waals surface area (Å²) in [5.41, 5.74) is 1.07. The number of hydrogen-bond donors (Lipinski definition) is 0. The number of rotatable bonds is 3. The number of aromatic nitrogens is 1. The molecule has 1 aliphatic heterocycles. The fourth-order valence-corrected chi connectivity index (χ4v) is 2.02. The molecule has 0 aromatic carbocycles. The van der Waals surface area contributed by atoms with E-state index in [9.17, 15) is 9.59 Å². The molecule has 90 valence electrons. The lowest BCUT2D eigenvalue weighted by Crippen LogP contribution is -2.40. The Hall–Kier alpha value is -1.91. The van der Waals surface area contributed by atoms with Crippen molar-refractivity contribution in [2.75, 3.05) is 13.6 Å². The van der Waals surface area contributed by atoms with Crippen LogP contribution in [0.3, 0.4) is 0 Å². The highest BCUT2D eigenvalue weighted by Crippen LogP contribution is 2.15. The molecule has 17 heavy (non-hydrogen) atoms. The Morgan fingerprint density at radius 3 is 2.53 bits per heavy atom. The van der Waals surface area contributed by atoms with Crippen molar-refractivity contribution in [3.8, 4) is 0 Å². The van der Waals surface area contributed by atoms with Gasteiger partial charge in [-0.2, -0.15) is 0 Å². The predicted molar refractivity (Wildman–Crippen MR) is 62.3 cm³/mol. The van der Waals surface area contributed by atoms with Crippen molar-refractivity contribution in [3.05, 3.63) is 30.1 Å². The standard InChI is InChI=1S/C12H15N3O2/c1-9(7-10-3-5-13-6-4-10)15-11(16)8-14(2)12(15)17/h3-6,9H,7-8H2,1-2H3. The van der Waals surface area contributed by atoms with Crippen LogP contribution >= 0.6 is 0 Å². The number of nitrogens with zero attached hydrogens (tertiary/aromatic N) is 3. The van der Waals surface area contributed by atoms with Gasteiger partial charge in [0.2, 0.25) is 0 Å². The van der Waals surface area contributed by atoms with E-state index < -0.39 is 0 Å². The van der Waals surface area contributed by atoms with Crippen LogP contribution in [0.2, 0.25) is 0 Å². The van der Waals surface area contributed by atoms with Gasteiger partial charge in [0.25, 0.3) is 5.91 Å². The van der Waals surface area contributed by atoms with Gasteiger partial charge in [-0.3, -0.25) is 14.7 Å². The van der Waals surface area contributed by atoms with Gasteiger partial charge in [0.15, 0.2) is 0 Å². The molecular weight excluding hydrogens is 218 g/mol. The largest absolute Gasteiger partial charge is 0.327 e. The Bertz CT molecular complexity index is 433. The zero-order valence-corrected chi connectivity index (χ0v) is 9.96. The summed E-state index contributed by atoms with van der Waals surface area (Å²) in [7, 11) is 1.64. The molecule has 0 N–H and O–H groups in total. The summed E-state index contributed by atoms with van der Waals surface area (Å²) in [6, 6.07) is 3.45. The van der Waals surface area contributed by atoms with Gasteiger partial charge in [-0.25, -0.2) is 4.79 Å². The SMILES string of the molecule is CC(Cc1ccncc1)N1C(=O)CN(C)C1=O. The fourth-order valence-electron chi connectivity index (χ4n) is 2.02. The van der Waals surface area contributed by atoms with Crippen LogP contribution in [0.4, 0.5) is 4.79 Å². The molecule has 0 radical (unpaired) electrons. The highest BCUT2D eigenvalue weighted by Gasteiger charge is 2.36. The number of urea groups is 1. The lowest BCUT2D eigenvalue weighted by atomic mass is 10.1. The maximum absolute atomic E-state index is 11.8. The molecule has 1 aromatic rings. The number of likely N-dealkylation sites (N-methyl/N-ethyl adjacent to an activating group) is 1. The highest BCUT2D eigenvalue weighted by atomic mass is 16.2. The summed E-state index contributed by atoms with van der Waals surface area (Å²) in [5.74, 6) is -0.126. The van der Waals surface area contributed by atoms with E-state index in [1.54, 1.807) is 19.4 Å². The van der Waals surface area contributed by atoms with Crippen molar-refractivity contribution in [1.82, 2.24) is 14.8 Å². The normalized spacial score (nSPS) is 17.8. The first kappa shape index (κ1) is 11.6. The van der Waals surface area contributed by atoms with Gasteiger partial charge < -0.3 is 4.90 Å². The van der Waals surface area contributed by atoms with Crippen LogP contribution in [0.25, 0.3) is 0 Å². The molecule has 5 heteroatoms. The van der Waals surface area contributed by atoms with Gasteiger partial charge in [0.05, 0.1) is 0 Å². The average Bonchev–Trinajstić information content (AvgIpc) is 2.54. The van der Waals surface area contributed by atoms with Crippen LogP contribution in [0.1, 0.15) is 12.5 Å². The molecule has 0 aliphatic carbocycles. The second kappa shape index (κ2) is 4.53. The number of hydrogen-bond acceptors (Lipinski definition) is 3. The van der Waals surface area contributed by atoms with Gasteiger partial charge in [0, 0.05) is 25.5 Å². The second-order valence-electron chi connectivity index (χ2n) is 4.31. The lowest BCUT2D eigenvalue weighted by Gasteiger charge is -2.22. The van der Waals surface area contributed by atoms with Crippen LogP contribution in [-0.4, -0.2) is 46.4 Å². The first-order chi connectivity index (χ1) is 8.09. The molecular formula is C12H15N3O2. The van der Waals surface area contributed by atoms with E-state index in [4.69, 9.17) is 0 Å². The summed E-state index contributed by atoms with van der Waals surface area (Å²) in [6.07, 6.45) is 4.08. The summed E-state index contributed by atoms with van der Waals surface area (Å²) < 4.78 is 0. The zero-order chi connectivity index (χ0) is 12.4. The first-order valence-electron chi connectivity index (χ1n) is 5.55. The summed E-state index contributed by atoms with van der Waals surface area (Å²) in [5, 5.41) is 0. The maximum Gasteiger partial charge on any atom is 0.327 e. The third-order valence-corrected chi connectivity index (χ3v) is 2.89.